The van der Waals surface area contributed by atoms with E-state index in [2.05, 4.69) is 210 Å². The highest BCUT2D eigenvalue weighted by Crippen LogP contribution is 2.64. The van der Waals surface area contributed by atoms with Crippen molar-refractivity contribution >= 4 is 100 Å². The first-order valence-electron chi connectivity index (χ1n) is 31.5. The molecule has 0 spiro atoms. The minimum absolute atomic E-state index is 0.0832. The molecule has 4 aliphatic rings. The number of benzene rings is 9. The summed E-state index contributed by atoms with van der Waals surface area (Å²) in [6.07, 6.45) is 3.67. The summed E-state index contributed by atoms with van der Waals surface area (Å²) in [6, 6.07) is 86.9. The Morgan fingerprint density at radius 2 is 0.646 bits per heavy atom. The quantitative estimate of drug-likeness (QED) is 0.110. The van der Waals surface area contributed by atoms with Crippen molar-refractivity contribution in [2.45, 2.75) is 38.5 Å². The van der Waals surface area contributed by atoms with Crippen molar-refractivity contribution in [3.8, 4) is 66.0 Å². The van der Waals surface area contributed by atoms with Crippen LogP contribution in [0.4, 0.5) is 0 Å². The van der Waals surface area contributed by atoms with Crippen LogP contribution in [-0.2, 0) is 10.8 Å². The van der Waals surface area contributed by atoms with Gasteiger partial charge in [-0.05, 0) is 201 Å². The summed E-state index contributed by atoms with van der Waals surface area (Å²) in [5.41, 5.74) is 20.9. The molecule has 0 radical (unpaired) electrons. The number of carbonyl (C=O) groups excluding carboxylic acids is 2. The van der Waals surface area contributed by atoms with E-state index < -0.39 is 10.8 Å². The first-order valence-corrected chi connectivity index (χ1v) is 34.7. The second-order valence-electron chi connectivity index (χ2n) is 25.2. The second kappa shape index (κ2) is 22.1. The first-order chi connectivity index (χ1) is 46.8. The van der Waals surface area contributed by atoms with Crippen molar-refractivity contribution in [2.24, 2.45) is 0 Å². The third-order valence-electron chi connectivity index (χ3n) is 19.8. The lowest BCUT2D eigenvalue weighted by Crippen LogP contribution is -2.30. The lowest BCUT2D eigenvalue weighted by Gasteiger charge is -2.36. The molecule has 0 unspecified atom stereocenters. The molecule has 6 nitrogen and oxygen atoms in total. The molecule has 0 saturated carbocycles. The van der Waals surface area contributed by atoms with E-state index in [1.54, 1.807) is 69.6 Å². The molecule has 4 heterocycles. The maximum absolute atomic E-state index is 14.0. The van der Waals surface area contributed by atoms with E-state index in [-0.39, 0.29) is 22.7 Å². The maximum atomic E-state index is 14.0. The van der Waals surface area contributed by atoms with E-state index in [9.17, 15) is 30.6 Å². The van der Waals surface area contributed by atoms with Crippen LogP contribution in [0, 0.1) is 73.0 Å². The van der Waals surface area contributed by atoms with E-state index in [0.717, 1.165) is 49.4 Å². The Hall–Kier alpha value is -11.4. The molecule has 0 fully saturated rings. The predicted octanol–water partition coefficient (Wildman–Crippen LogP) is 21.7. The first kappa shape index (κ1) is 58.4. The predicted molar refractivity (Wildman–Crippen MR) is 391 cm³/mol. The van der Waals surface area contributed by atoms with Crippen molar-refractivity contribution in [2.75, 3.05) is 0 Å². The van der Waals surface area contributed by atoms with Gasteiger partial charge in [0.25, 0.3) is 0 Å². The summed E-state index contributed by atoms with van der Waals surface area (Å²) in [5, 5.41) is 42.5. The molecular formula is C86H50N4O2S4. The van der Waals surface area contributed by atoms with Gasteiger partial charge in [0.15, 0.2) is 11.6 Å². The SMILES string of the molecule is Cc1ccc(C2(c3ccc(C)cc3)c3cc4c(cc3-c3cc5cc(-c6ccc(C=C7C(=O)c8ccccc8C7=C(C#N)C#N)s6)sc5cc32)C(c2ccc(C)cc2)(c2ccc(C)cc2)c2cc3sc(-c5ccc(C=C6C(=O)c7ccccc7C6=C(C#N)C#N)s5)cc3cc2-4)cc1. The zero-order valence-electron chi connectivity index (χ0n) is 52.2. The zero-order valence-corrected chi connectivity index (χ0v) is 55.4. The molecule has 0 N–H and O–H groups in total. The van der Waals surface area contributed by atoms with E-state index in [1.807, 2.05) is 48.6 Å². The fourth-order valence-corrected chi connectivity index (χ4v) is 19.6. The van der Waals surface area contributed by atoms with Crippen LogP contribution in [0.3, 0.4) is 0 Å². The highest BCUT2D eigenvalue weighted by Gasteiger charge is 2.52. The Bertz CT molecular complexity index is 5460. The van der Waals surface area contributed by atoms with Crippen LogP contribution in [0.5, 0.6) is 0 Å². The van der Waals surface area contributed by atoms with Gasteiger partial charge in [-0.25, -0.2) is 0 Å². The average Bonchev–Trinajstić information content (AvgIpc) is 1.50. The number of ketones is 2. The molecule has 13 aromatic rings. The van der Waals surface area contributed by atoms with Crippen LogP contribution < -0.4 is 0 Å². The molecule has 4 aliphatic carbocycles. The number of nitriles is 4. The van der Waals surface area contributed by atoms with Crippen LogP contribution in [0.25, 0.3) is 85.2 Å². The minimum Gasteiger partial charge on any atom is -0.289 e. The number of nitrogens with zero attached hydrogens (tertiary/aromatic N) is 4. The molecule has 450 valence electrons. The van der Waals surface area contributed by atoms with Gasteiger partial charge >= 0.3 is 0 Å². The highest BCUT2D eigenvalue weighted by atomic mass is 32.1. The minimum atomic E-state index is -0.762. The number of rotatable bonds is 8. The lowest BCUT2D eigenvalue weighted by molar-refractivity contribution is 0.103. The number of aryl methyl sites for hydroxylation is 4. The van der Waals surface area contributed by atoms with Crippen molar-refractivity contribution in [3.63, 3.8) is 0 Å². The van der Waals surface area contributed by atoms with Crippen LogP contribution in [0.1, 0.15) is 108 Å². The Labute approximate surface area is 570 Å². The van der Waals surface area contributed by atoms with Gasteiger partial charge in [-0.3, -0.25) is 9.59 Å². The topological polar surface area (TPSA) is 129 Å². The Balaban J connectivity index is 0.869. The summed E-state index contributed by atoms with van der Waals surface area (Å²) in [5.74, 6) is -0.397. The average molecular weight is 1300 g/mol. The van der Waals surface area contributed by atoms with Gasteiger partial charge < -0.3 is 0 Å². The largest absolute Gasteiger partial charge is 0.289 e. The molecule has 9 aromatic carbocycles. The summed E-state index contributed by atoms with van der Waals surface area (Å²) >= 11 is 6.69. The van der Waals surface area contributed by atoms with Gasteiger partial charge in [0.2, 0.25) is 0 Å². The standard InChI is InChI=1S/C86H50N4O2S4/c1-47-13-21-55(22-14-47)85(56-23-15-48(2)16-24-56)71-39-68-66-34-52-36-80(76-32-30-60(94-76)38-70-82(54(45-89)46-90)62-10-6-8-12-64(62)84(70)92)96-78(52)42-74(66)86(57-25-17-49(3)18-26-57,58-27-19-50(4)20-28-58)72(68)40-67(71)65-33-51-35-79(95-77(51)41-73(65)85)75-31-29-59(93-75)37-69-81(53(43-87)44-88)61-9-5-7-11-63(61)83(69)91/h5-42H,1-4H3. The molecule has 10 heteroatoms. The normalized spacial score (nSPS) is 15.0. The van der Waals surface area contributed by atoms with E-state index in [0.29, 0.717) is 44.5 Å². The van der Waals surface area contributed by atoms with Crippen LogP contribution >= 0.6 is 45.3 Å². The summed E-state index contributed by atoms with van der Waals surface area (Å²) in [7, 11) is 0. The fourth-order valence-electron chi connectivity index (χ4n) is 15.3. The number of hydrogen-bond acceptors (Lipinski definition) is 10. The molecule has 0 bridgehead atoms. The molecule has 0 amide bonds. The lowest BCUT2D eigenvalue weighted by atomic mass is 9.65. The maximum Gasteiger partial charge on any atom is 0.194 e. The molecule has 0 saturated heterocycles. The number of fused-ring (bicyclic) bond motifs is 10. The number of thiophene rings is 4. The Kier molecular flexibility index (Phi) is 13.4. The second-order valence-corrected chi connectivity index (χ2v) is 29.6. The van der Waals surface area contributed by atoms with E-state index in [4.69, 9.17) is 0 Å². The molecule has 96 heavy (non-hydrogen) atoms. The third-order valence-corrected chi connectivity index (χ3v) is 24.4. The number of Topliss-reactive ketones (excluding diaryl/α,β-unsaturated/α-hetero) is 2. The summed E-state index contributed by atoms with van der Waals surface area (Å²) in [4.78, 5) is 34.0. The number of carbonyl (C=O) groups is 2. The van der Waals surface area contributed by atoms with Crippen LogP contribution in [-0.4, -0.2) is 11.6 Å². The van der Waals surface area contributed by atoms with Crippen molar-refractivity contribution in [3.05, 3.63) is 339 Å². The molecular weight excluding hydrogens is 1250 g/mol. The fraction of sp³-hybridized carbons (Fsp3) is 0.0698. The molecule has 17 rings (SSSR count). The van der Waals surface area contributed by atoms with Gasteiger partial charge in [0, 0.05) is 72.1 Å². The highest BCUT2D eigenvalue weighted by molar-refractivity contribution is 7.27. The molecule has 4 aromatic heterocycles. The monoisotopic (exact) mass is 1300 g/mol. The Morgan fingerprint density at radius 3 is 0.979 bits per heavy atom. The smallest absolute Gasteiger partial charge is 0.194 e. The van der Waals surface area contributed by atoms with Crippen molar-refractivity contribution < 1.29 is 9.59 Å². The van der Waals surface area contributed by atoms with E-state index >= 15 is 0 Å². The third kappa shape index (κ3) is 8.61. The number of allylic oxidation sites excluding steroid dienone is 6. The summed E-state index contributed by atoms with van der Waals surface area (Å²) < 4.78 is 2.30. The van der Waals surface area contributed by atoms with Gasteiger partial charge in [0.05, 0.1) is 10.8 Å². The zero-order chi connectivity index (χ0) is 65.5. The molecule has 0 aliphatic heterocycles. The van der Waals surface area contributed by atoms with Crippen LogP contribution in [0.15, 0.2) is 241 Å². The van der Waals surface area contributed by atoms with Crippen LogP contribution in [0.2, 0.25) is 0 Å². The molecule has 0 atom stereocenters. The van der Waals surface area contributed by atoms with Gasteiger partial charge in [-0.15, -0.1) is 45.3 Å². The van der Waals surface area contributed by atoms with E-state index in [1.165, 1.54) is 89.0 Å². The van der Waals surface area contributed by atoms with Crippen molar-refractivity contribution in [1.82, 2.24) is 0 Å². The van der Waals surface area contributed by atoms with Crippen molar-refractivity contribution in [1.29, 1.82) is 21.0 Å². The van der Waals surface area contributed by atoms with Gasteiger partial charge in [-0.2, -0.15) is 21.0 Å². The number of hydrogen-bond donors (Lipinski definition) is 0. The Morgan fingerprint density at radius 1 is 0.333 bits per heavy atom. The van der Waals surface area contributed by atoms with Gasteiger partial charge in [-0.1, -0.05) is 168 Å². The summed E-state index contributed by atoms with van der Waals surface area (Å²) in [6.45, 7) is 8.60. The van der Waals surface area contributed by atoms with Gasteiger partial charge in [0.1, 0.15) is 35.4 Å².